The molecule has 1 amide bonds. The molecule has 4 rings (SSSR count). The topological polar surface area (TPSA) is 90.0 Å². The van der Waals surface area contributed by atoms with Gasteiger partial charge in [-0.2, -0.15) is 0 Å². The maximum Gasteiger partial charge on any atom is 0.257 e. The van der Waals surface area contributed by atoms with Crippen LogP contribution < -0.4 is 14.5 Å². The summed E-state index contributed by atoms with van der Waals surface area (Å²) in [5, 5.41) is 12.1. The Bertz CT molecular complexity index is 1120. The summed E-state index contributed by atoms with van der Waals surface area (Å²) in [6.07, 6.45) is 0.0123. The number of benzene rings is 2. The Morgan fingerprint density at radius 2 is 1.87 bits per heavy atom. The van der Waals surface area contributed by atoms with Crippen molar-refractivity contribution in [1.82, 2.24) is 0 Å². The first-order chi connectivity index (χ1) is 14.1. The highest BCUT2D eigenvalue weighted by Crippen LogP contribution is 2.32. The average molecular weight is 474 g/mol. The van der Waals surface area contributed by atoms with Gasteiger partial charge in [0.2, 0.25) is 10.0 Å². The third-order valence-corrected chi connectivity index (χ3v) is 7.48. The molecular weight excluding hydrogens is 456 g/mol. The van der Waals surface area contributed by atoms with Crippen molar-refractivity contribution in [3.63, 3.8) is 0 Å². The number of carbonyl (C=O) groups excluding carboxylic acids is 1. The summed E-state index contributed by atoms with van der Waals surface area (Å²) < 4.78 is 39.8. The van der Waals surface area contributed by atoms with Crippen LogP contribution in [0.3, 0.4) is 0 Å². The number of halogens is 3. The lowest BCUT2D eigenvalue weighted by molar-refractivity contribution is 0.102. The van der Waals surface area contributed by atoms with E-state index in [-0.39, 0.29) is 23.5 Å². The molecule has 0 bridgehead atoms. The Kier molecular flexibility index (Phi) is 5.56. The minimum Gasteiger partial charge on any atom is -0.389 e. The maximum atomic E-state index is 14.4. The summed E-state index contributed by atoms with van der Waals surface area (Å²) in [5.41, 5.74) is 0.951. The lowest BCUT2D eigenvalue weighted by Crippen LogP contribution is -2.50. The number of rotatable bonds is 4. The minimum absolute atomic E-state index is 0.0325. The third kappa shape index (κ3) is 4.07. The second-order valence-electron chi connectivity index (χ2n) is 7.24. The maximum absolute atomic E-state index is 14.4. The van der Waals surface area contributed by atoms with Crippen molar-refractivity contribution in [2.45, 2.75) is 12.5 Å². The van der Waals surface area contributed by atoms with Crippen LogP contribution in [-0.2, 0) is 10.0 Å². The molecule has 2 fully saturated rings. The normalized spacial score (nSPS) is 18.4. The number of nitrogens with zero attached hydrogens (tertiary/aromatic N) is 2. The van der Waals surface area contributed by atoms with E-state index in [9.17, 15) is 22.7 Å². The molecule has 11 heteroatoms. The van der Waals surface area contributed by atoms with Crippen LogP contribution in [0.1, 0.15) is 16.8 Å². The van der Waals surface area contributed by atoms with Gasteiger partial charge in [-0.1, -0.05) is 23.2 Å². The molecular formula is C19H18Cl2FN3O4S. The lowest BCUT2D eigenvalue weighted by Gasteiger charge is -2.38. The largest absolute Gasteiger partial charge is 0.389 e. The van der Waals surface area contributed by atoms with Crippen molar-refractivity contribution in [1.29, 1.82) is 0 Å². The van der Waals surface area contributed by atoms with E-state index in [0.29, 0.717) is 30.2 Å². The van der Waals surface area contributed by atoms with Crippen LogP contribution in [0, 0.1) is 5.82 Å². The number of hydrogen-bond donors (Lipinski definition) is 2. The summed E-state index contributed by atoms with van der Waals surface area (Å²) in [6.45, 7) is 1.12. The van der Waals surface area contributed by atoms with Crippen molar-refractivity contribution < 1.29 is 22.7 Å². The number of β-amino-alcohol motifs (C(OH)–C–C–N with tert-alkyl or cyclic N) is 1. The van der Waals surface area contributed by atoms with Gasteiger partial charge in [0, 0.05) is 36.0 Å². The number of carbonyl (C=O) groups is 1. The fraction of sp³-hybridized carbons (Fsp3) is 0.316. The molecule has 0 aliphatic carbocycles. The Hall–Kier alpha value is -2.07. The lowest BCUT2D eigenvalue weighted by atomic mass is 10.1. The molecule has 2 aromatic carbocycles. The van der Waals surface area contributed by atoms with Gasteiger partial charge in [-0.3, -0.25) is 9.10 Å². The molecule has 2 saturated heterocycles. The number of sulfonamides is 1. The number of hydrogen-bond acceptors (Lipinski definition) is 5. The highest BCUT2D eigenvalue weighted by molar-refractivity contribution is 7.93. The number of anilines is 3. The second-order valence-corrected chi connectivity index (χ2v) is 10.1. The molecule has 0 radical (unpaired) electrons. The number of aliphatic hydroxyl groups excluding tert-OH is 1. The molecule has 2 heterocycles. The first-order valence-corrected chi connectivity index (χ1v) is 11.5. The predicted molar refractivity (Wildman–Crippen MR) is 115 cm³/mol. The van der Waals surface area contributed by atoms with Gasteiger partial charge in [-0.25, -0.2) is 12.8 Å². The zero-order chi connectivity index (χ0) is 21.6. The van der Waals surface area contributed by atoms with Crippen molar-refractivity contribution in [2.75, 3.05) is 39.9 Å². The summed E-state index contributed by atoms with van der Waals surface area (Å²) in [6, 6.07) is 7.18. The van der Waals surface area contributed by atoms with Gasteiger partial charge in [0.25, 0.3) is 5.91 Å². The zero-order valence-corrected chi connectivity index (χ0v) is 17.9. The highest BCUT2D eigenvalue weighted by Gasteiger charge is 2.30. The Balaban J connectivity index is 1.62. The molecule has 0 aromatic heterocycles. The monoisotopic (exact) mass is 473 g/mol. The van der Waals surface area contributed by atoms with Crippen LogP contribution in [0.4, 0.5) is 21.5 Å². The van der Waals surface area contributed by atoms with E-state index < -0.39 is 32.9 Å². The van der Waals surface area contributed by atoms with Crippen LogP contribution in [-0.4, -0.2) is 50.9 Å². The SMILES string of the molecule is O=C(Nc1cc(Cl)cc(N2CC(O)C2)c1)c1cc(N2CCCS2(=O)=O)cc(F)c1Cl. The van der Waals surface area contributed by atoms with Crippen LogP contribution >= 0.6 is 23.2 Å². The van der Waals surface area contributed by atoms with Crippen molar-refractivity contribution >= 4 is 56.2 Å². The van der Waals surface area contributed by atoms with Crippen LogP contribution in [0.15, 0.2) is 30.3 Å². The predicted octanol–water partition coefficient (Wildman–Crippen LogP) is 3.11. The molecule has 7 nitrogen and oxygen atoms in total. The van der Waals surface area contributed by atoms with E-state index in [1.54, 1.807) is 12.1 Å². The summed E-state index contributed by atoms with van der Waals surface area (Å²) in [5.74, 6) is -1.62. The first-order valence-electron chi connectivity index (χ1n) is 9.18. The molecule has 30 heavy (non-hydrogen) atoms. The van der Waals surface area contributed by atoms with Crippen LogP contribution in [0.5, 0.6) is 0 Å². The average Bonchev–Trinajstić information content (AvgIpc) is 2.99. The first kappa shape index (κ1) is 21.2. The Morgan fingerprint density at radius 1 is 1.13 bits per heavy atom. The Labute approximate surface area is 183 Å². The van der Waals surface area contributed by atoms with Crippen molar-refractivity contribution in [2.24, 2.45) is 0 Å². The van der Waals surface area contributed by atoms with Crippen LogP contribution in [0.2, 0.25) is 10.0 Å². The van der Waals surface area contributed by atoms with Crippen LogP contribution in [0.25, 0.3) is 0 Å². The number of nitrogens with one attached hydrogen (secondary N) is 1. The van der Waals surface area contributed by atoms with E-state index in [2.05, 4.69) is 5.32 Å². The molecule has 0 saturated carbocycles. The smallest absolute Gasteiger partial charge is 0.257 e. The summed E-state index contributed by atoms with van der Waals surface area (Å²) in [4.78, 5) is 14.7. The van der Waals surface area contributed by atoms with Gasteiger partial charge in [0.15, 0.2) is 0 Å². The minimum atomic E-state index is -3.54. The molecule has 2 aliphatic rings. The number of aliphatic hydroxyl groups is 1. The fourth-order valence-electron chi connectivity index (χ4n) is 3.51. The molecule has 0 unspecified atom stereocenters. The van der Waals surface area contributed by atoms with Gasteiger partial charge in [0.05, 0.1) is 28.1 Å². The van der Waals surface area contributed by atoms with Gasteiger partial charge >= 0.3 is 0 Å². The van der Waals surface area contributed by atoms with Crippen molar-refractivity contribution in [3.05, 3.63) is 51.8 Å². The fourth-order valence-corrected chi connectivity index (χ4v) is 5.48. The van der Waals surface area contributed by atoms with Gasteiger partial charge in [-0.15, -0.1) is 0 Å². The van der Waals surface area contributed by atoms with E-state index in [0.717, 1.165) is 16.1 Å². The van der Waals surface area contributed by atoms with E-state index in [1.807, 2.05) is 4.90 Å². The van der Waals surface area contributed by atoms with Gasteiger partial charge in [-0.05, 0) is 36.8 Å². The number of amides is 1. The molecule has 0 atom stereocenters. The second kappa shape index (κ2) is 7.88. The zero-order valence-electron chi connectivity index (χ0n) is 15.6. The van der Waals surface area contributed by atoms with E-state index in [4.69, 9.17) is 23.2 Å². The standard InChI is InChI=1S/C19H18Cl2FN3O4S/c20-11-4-12(6-13(5-11)24-9-15(26)10-24)23-19(27)16-7-14(8-17(22)18(16)21)25-2-1-3-30(25,28)29/h4-8,15,26H,1-3,9-10H2,(H,23,27). The summed E-state index contributed by atoms with van der Waals surface area (Å²) >= 11 is 12.1. The van der Waals surface area contributed by atoms with Gasteiger partial charge in [0.1, 0.15) is 5.82 Å². The summed E-state index contributed by atoms with van der Waals surface area (Å²) in [7, 11) is -3.54. The van der Waals surface area contributed by atoms with Crippen molar-refractivity contribution in [3.8, 4) is 0 Å². The highest BCUT2D eigenvalue weighted by atomic mass is 35.5. The molecule has 0 spiro atoms. The molecule has 2 aliphatic heterocycles. The van der Waals surface area contributed by atoms with Gasteiger partial charge < -0.3 is 15.3 Å². The Morgan fingerprint density at radius 3 is 2.50 bits per heavy atom. The van der Waals surface area contributed by atoms with E-state index in [1.165, 1.54) is 12.1 Å². The third-order valence-electron chi connectivity index (χ3n) is 5.01. The molecule has 160 valence electrons. The molecule has 2 aromatic rings. The van der Waals surface area contributed by atoms with E-state index >= 15 is 0 Å². The quantitative estimate of drug-likeness (QED) is 0.711. The molecule has 2 N–H and O–H groups in total.